The summed E-state index contributed by atoms with van der Waals surface area (Å²) >= 11 is 0. The normalized spacial score (nSPS) is 17.8. The summed E-state index contributed by atoms with van der Waals surface area (Å²) in [5, 5.41) is 12.1. The SMILES string of the molecule is CC(O)CCNC(=O)C1CCN(c2ncccn2)CC1. The lowest BCUT2D eigenvalue weighted by Crippen LogP contribution is -2.41. The van der Waals surface area contributed by atoms with E-state index < -0.39 is 0 Å². The number of carbonyl (C=O) groups excluding carboxylic acids is 1. The van der Waals surface area contributed by atoms with Crippen molar-refractivity contribution in [2.45, 2.75) is 32.3 Å². The zero-order valence-electron chi connectivity index (χ0n) is 11.8. The first-order chi connectivity index (χ1) is 9.66. The van der Waals surface area contributed by atoms with E-state index in [0.717, 1.165) is 31.9 Å². The first-order valence-electron chi connectivity index (χ1n) is 7.14. The van der Waals surface area contributed by atoms with Crippen molar-refractivity contribution in [3.8, 4) is 0 Å². The molecule has 0 aliphatic carbocycles. The molecule has 0 saturated carbocycles. The van der Waals surface area contributed by atoms with Crippen molar-refractivity contribution >= 4 is 11.9 Å². The molecule has 0 bridgehead atoms. The highest BCUT2D eigenvalue weighted by atomic mass is 16.3. The minimum absolute atomic E-state index is 0.0592. The molecule has 0 aromatic carbocycles. The molecule has 1 unspecified atom stereocenters. The van der Waals surface area contributed by atoms with Crippen molar-refractivity contribution in [3.05, 3.63) is 18.5 Å². The second-order valence-corrected chi connectivity index (χ2v) is 5.24. The van der Waals surface area contributed by atoms with E-state index in [9.17, 15) is 4.79 Å². The van der Waals surface area contributed by atoms with Crippen molar-refractivity contribution in [1.82, 2.24) is 15.3 Å². The predicted molar refractivity (Wildman–Crippen MR) is 76.3 cm³/mol. The number of nitrogens with one attached hydrogen (secondary N) is 1. The Morgan fingerprint density at radius 3 is 2.70 bits per heavy atom. The number of hydrogen-bond donors (Lipinski definition) is 2. The van der Waals surface area contributed by atoms with Crippen molar-refractivity contribution in [2.24, 2.45) is 5.92 Å². The number of hydrogen-bond acceptors (Lipinski definition) is 5. The van der Waals surface area contributed by atoms with Crippen LogP contribution in [0.4, 0.5) is 5.95 Å². The molecule has 6 nitrogen and oxygen atoms in total. The van der Waals surface area contributed by atoms with Crippen LogP contribution in [0.15, 0.2) is 18.5 Å². The zero-order valence-corrected chi connectivity index (χ0v) is 11.8. The highest BCUT2D eigenvalue weighted by Crippen LogP contribution is 2.20. The second-order valence-electron chi connectivity index (χ2n) is 5.24. The van der Waals surface area contributed by atoms with E-state index >= 15 is 0 Å². The van der Waals surface area contributed by atoms with Crippen LogP contribution in [0, 0.1) is 5.92 Å². The van der Waals surface area contributed by atoms with E-state index in [1.807, 2.05) is 0 Å². The Morgan fingerprint density at radius 2 is 2.10 bits per heavy atom. The van der Waals surface area contributed by atoms with Crippen LogP contribution in [0.5, 0.6) is 0 Å². The number of aliphatic hydroxyl groups excluding tert-OH is 1. The van der Waals surface area contributed by atoms with Gasteiger partial charge in [-0.1, -0.05) is 0 Å². The first kappa shape index (κ1) is 14.7. The van der Waals surface area contributed by atoms with Gasteiger partial charge in [-0.3, -0.25) is 4.79 Å². The minimum atomic E-state index is -0.368. The van der Waals surface area contributed by atoms with Crippen molar-refractivity contribution in [2.75, 3.05) is 24.5 Å². The summed E-state index contributed by atoms with van der Waals surface area (Å²) in [6.45, 7) is 3.88. The van der Waals surface area contributed by atoms with E-state index in [-0.39, 0.29) is 17.9 Å². The Bertz CT molecular complexity index is 416. The van der Waals surface area contributed by atoms with E-state index in [0.29, 0.717) is 13.0 Å². The fraction of sp³-hybridized carbons (Fsp3) is 0.643. The largest absolute Gasteiger partial charge is 0.393 e. The van der Waals surface area contributed by atoms with Gasteiger partial charge in [-0.15, -0.1) is 0 Å². The summed E-state index contributed by atoms with van der Waals surface area (Å²) in [5.74, 6) is 0.892. The second kappa shape index (κ2) is 7.19. The average Bonchev–Trinajstić information content (AvgIpc) is 2.48. The molecule has 20 heavy (non-hydrogen) atoms. The molecule has 1 aliphatic rings. The lowest BCUT2D eigenvalue weighted by atomic mass is 9.96. The Hall–Kier alpha value is -1.69. The molecule has 1 amide bonds. The fourth-order valence-electron chi connectivity index (χ4n) is 2.34. The third-order valence-electron chi connectivity index (χ3n) is 3.56. The molecule has 0 radical (unpaired) electrons. The quantitative estimate of drug-likeness (QED) is 0.824. The molecule has 1 aliphatic heterocycles. The number of piperidine rings is 1. The monoisotopic (exact) mass is 278 g/mol. The molecule has 1 saturated heterocycles. The molecule has 2 heterocycles. The van der Waals surface area contributed by atoms with Crippen LogP contribution in [-0.4, -0.2) is 46.7 Å². The molecule has 6 heteroatoms. The van der Waals surface area contributed by atoms with Gasteiger partial charge in [-0.2, -0.15) is 0 Å². The molecule has 2 rings (SSSR count). The molecule has 1 aromatic heterocycles. The van der Waals surface area contributed by atoms with Gasteiger partial charge in [0.05, 0.1) is 6.10 Å². The summed E-state index contributed by atoms with van der Waals surface area (Å²) in [6, 6.07) is 1.80. The van der Waals surface area contributed by atoms with E-state index in [1.54, 1.807) is 25.4 Å². The summed E-state index contributed by atoms with van der Waals surface area (Å²) in [4.78, 5) is 22.5. The van der Waals surface area contributed by atoms with Gasteiger partial charge in [-0.05, 0) is 32.3 Å². The number of amides is 1. The van der Waals surface area contributed by atoms with Crippen LogP contribution < -0.4 is 10.2 Å². The van der Waals surface area contributed by atoms with Gasteiger partial charge in [0.1, 0.15) is 0 Å². The van der Waals surface area contributed by atoms with Crippen LogP contribution in [0.1, 0.15) is 26.2 Å². The van der Waals surface area contributed by atoms with Gasteiger partial charge in [0, 0.05) is 37.9 Å². The van der Waals surface area contributed by atoms with Crippen LogP contribution in [0.25, 0.3) is 0 Å². The third-order valence-corrected chi connectivity index (χ3v) is 3.56. The Morgan fingerprint density at radius 1 is 1.45 bits per heavy atom. The molecule has 1 atom stereocenters. The Kier molecular flexibility index (Phi) is 5.29. The van der Waals surface area contributed by atoms with Crippen LogP contribution in [0.3, 0.4) is 0 Å². The summed E-state index contributed by atoms with van der Waals surface area (Å²) in [5.41, 5.74) is 0. The number of aromatic nitrogens is 2. The number of nitrogens with zero attached hydrogens (tertiary/aromatic N) is 3. The minimum Gasteiger partial charge on any atom is -0.393 e. The van der Waals surface area contributed by atoms with E-state index in [4.69, 9.17) is 5.11 Å². The fourth-order valence-corrected chi connectivity index (χ4v) is 2.34. The Labute approximate surface area is 119 Å². The maximum absolute atomic E-state index is 12.0. The number of anilines is 1. The number of carbonyl (C=O) groups is 1. The third kappa shape index (κ3) is 4.16. The van der Waals surface area contributed by atoms with Gasteiger partial charge in [-0.25, -0.2) is 9.97 Å². The van der Waals surface area contributed by atoms with E-state index in [1.165, 1.54) is 0 Å². The molecule has 2 N–H and O–H groups in total. The zero-order chi connectivity index (χ0) is 14.4. The highest BCUT2D eigenvalue weighted by molar-refractivity contribution is 5.78. The van der Waals surface area contributed by atoms with Gasteiger partial charge < -0.3 is 15.3 Å². The molecule has 1 aromatic rings. The number of aliphatic hydroxyl groups is 1. The first-order valence-corrected chi connectivity index (χ1v) is 7.14. The van der Waals surface area contributed by atoms with Crippen molar-refractivity contribution in [3.63, 3.8) is 0 Å². The molecular weight excluding hydrogens is 256 g/mol. The van der Waals surface area contributed by atoms with Gasteiger partial charge >= 0.3 is 0 Å². The summed E-state index contributed by atoms with van der Waals surface area (Å²) in [6.07, 6.45) is 5.33. The molecular formula is C14H22N4O2. The lowest BCUT2D eigenvalue weighted by molar-refractivity contribution is -0.125. The molecule has 1 fully saturated rings. The molecule has 110 valence electrons. The van der Waals surface area contributed by atoms with Gasteiger partial charge in [0.2, 0.25) is 11.9 Å². The molecule has 0 spiro atoms. The smallest absolute Gasteiger partial charge is 0.225 e. The summed E-state index contributed by atoms with van der Waals surface area (Å²) in [7, 11) is 0. The predicted octanol–water partition coefficient (Wildman–Crippen LogP) is 0.580. The topological polar surface area (TPSA) is 78.4 Å². The standard InChI is InChI=1S/C14H22N4O2/c1-11(19)3-8-15-13(20)12-4-9-18(10-5-12)14-16-6-2-7-17-14/h2,6-7,11-12,19H,3-5,8-10H2,1H3,(H,15,20). The lowest BCUT2D eigenvalue weighted by Gasteiger charge is -2.31. The van der Waals surface area contributed by atoms with Crippen LogP contribution in [-0.2, 0) is 4.79 Å². The van der Waals surface area contributed by atoms with Crippen molar-refractivity contribution < 1.29 is 9.90 Å². The van der Waals surface area contributed by atoms with Gasteiger partial charge in [0.25, 0.3) is 0 Å². The van der Waals surface area contributed by atoms with Crippen LogP contribution in [0.2, 0.25) is 0 Å². The van der Waals surface area contributed by atoms with Crippen molar-refractivity contribution in [1.29, 1.82) is 0 Å². The highest BCUT2D eigenvalue weighted by Gasteiger charge is 2.25. The number of rotatable bonds is 5. The Balaban J connectivity index is 1.75. The van der Waals surface area contributed by atoms with E-state index in [2.05, 4.69) is 20.2 Å². The summed E-state index contributed by atoms with van der Waals surface area (Å²) < 4.78 is 0. The van der Waals surface area contributed by atoms with Crippen LogP contribution >= 0.6 is 0 Å². The van der Waals surface area contributed by atoms with Gasteiger partial charge in [0.15, 0.2) is 0 Å². The average molecular weight is 278 g/mol. The maximum Gasteiger partial charge on any atom is 0.225 e. The maximum atomic E-state index is 12.0.